The van der Waals surface area contributed by atoms with Gasteiger partial charge in [0.2, 0.25) is 0 Å². The molecule has 2 N–H and O–H groups in total. The van der Waals surface area contributed by atoms with Crippen molar-refractivity contribution in [3.63, 3.8) is 0 Å². The second-order valence-electron chi connectivity index (χ2n) is 4.62. The molecule has 0 radical (unpaired) electrons. The van der Waals surface area contributed by atoms with E-state index in [-0.39, 0.29) is 5.97 Å². The summed E-state index contributed by atoms with van der Waals surface area (Å²) in [6, 6.07) is 0. The van der Waals surface area contributed by atoms with E-state index in [9.17, 15) is 4.79 Å². The number of rotatable bonds is 4. The number of ether oxygens (including phenoxy) is 1. The zero-order valence-corrected chi connectivity index (χ0v) is 13.5. The Kier molecular flexibility index (Phi) is 5.37. The van der Waals surface area contributed by atoms with E-state index in [4.69, 9.17) is 17.0 Å². The first-order valence-electron chi connectivity index (χ1n) is 7.03. The lowest BCUT2D eigenvalue weighted by molar-refractivity contribution is 0.0526. The van der Waals surface area contributed by atoms with Crippen molar-refractivity contribution in [2.45, 2.75) is 39.5 Å². The first kappa shape index (κ1) is 15.3. The maximum absolute atomic E-state index is 12.2. The maximum Gasteiger partial charge on any atom is 0.341 e. The number of hydrogen-bond acceptors (Lipinski definition) is 4. The van der Waals surface area contributed by atoms with Crippen LogP contribution in [0.2, 0.25) is 0 Å². The summed E-state index contributed by atoms with van der Waals surface area (Å²) in [5.74, 6) is -0.242. The van der Waals surface area contributed by atoms with Gasteiger partial charge in [-0.15, -0.1) is 11.3 Å². The van der Waals surface area contributed by atoms with Gasteiger partial charge in [0.25, 0.3) is 0 Å². The van der Waals surface area contributed by atoms with Crippen molar-refractivity contribution < 1.29 is 9.53 Å². The van der Waals surface area contributed by atoms with Crippen molar-refractivity contribution in [1.82, 2.24) is 5.32 Å². The van der Waals surface area contributed by atoms with Crippen LogP contribution in [0.4, 0.5) is 5.00 Å². The molecule has 0 fully saturated rings. The summed E-state index contributed by atoms with van der Waals surface area (Å²) in [5, 5.41) is 7.57. The fourth-order valence-electron chi connectivity index (χ4n) is 2.38. The van der Waals surface area contributed by atoms with Crippen molar-refractivity contribution in [3.8, 4) is 0 Å². The van der Waals surface area contributed by atoms with Gasteiger partial charge in [-0.1, -0.05) is 0 Å². The number of aryl methyl sites for hydroxylation is 1. The molecule has 6 heteroatoms. The molecule has 4 nitrogen and oxygen atoms in total. The van der Waals surface area contributed by atoms with E-state index in [1.807, 2.05) is 13.8 Å². The van der Waals surface area contributed by atoms with Crippen molar-refractivity contribution in [2.24, 2.45) is 0 Å². The topological polar surface area (TPSA) is 50.4 Å². The molecule has 0 saturated carbocycles. The van der Waals surface area contributed by atoms with Crippen molar-refractivity contribution in [3.05, 3.63) is 16.0 Å². The normalized spacial score (nSPS) is 13.5. The van der Waals surface area contributed by atoms with Gasteiger partial charge < -0.3 is 15.4 Å². The molecule has 2 rings (SSSR count). The summed E-state index contributed by atoms with van der Waals surface area (Å²) in [6.45, 7) is 4.96. The molecule has 1 aromatic rings. The molecular weight excluding hydrogens is 292 g/mol. The molecule has 1 aromatic heterocycles. The number of anilines is 1. The van der Waals surface area contributed by atoms with Crippen LogP contribution in [0.25, 0.3) is 0 Å². The smallest absolute Gasteiger partial charge is 0.341 e. The zero-order valence-electron chi connectivity index (χ0n) is 11.9. The minimum absolute atomic E-state index is 0.242. The van der Waals surface area contributed by atoms with E-state index in [2.05, 4.69) is 10.6 Å². The summed E-state index contributed by atoms with van der Waals surface area (Å²) in [4.78, 5) is 13.5. The Morgan fingerprint density at radius 2 is 2.10 bits per heavy atom. The standard InChI is InChI=1S/C14H20N2O2S2/c1-3-15-14(19)16-12-11(13(17)18-4-2)9-7-5-6-8-10(9)20-12/h3-8H2,1-2H3,(H2,15,16,19). The van der Waals surface area contributed by atoms with E-state index in [1.165, 1.54) is 11.3 Å². The number of hydrogen-bond donors (Lipinski definition) is 2. The molecule has 1 heterocycles. The van der Waals surface area contributed by atoms with Crippen LogP contribution in [0.3, 0.4) is 0 Å². The van der Waals surface area contributed by atoms with Gasteiger partial charge >= 0.3 is 5.97 Å². The summed E-state index contributed by atoms with van der Waals surface area (Å²) >= 11 is 6.85. The van der Waals surface area contributed by atoms with Crippen molar-refractivity contribution in [1.29, 1.82) is 0 Å². The summed E-state index contributed by atoms with van der Waals surface area (Å²) < 4.78 is 5.20. The van der Waals surface area contributed by atoms with Crippen molar-refractivity contribution in [2.75, 3.05) is 18.5 Å². The molecule has 0 atom stereocenters. The minimum Gasteiger partial charge on any atom is -0.462 e. The van der Waals surface area contributed by atoms with Crippen LogP contribution in [-0.4, -0.2) is 24.2 Å². The largest absolute Gasteiger partial charge is 0.462 e. The first-order chi connectivity index (χ1) is 9.67. The molecule has 0 saturated heterocycles. The Balaban J connectivity index is 2.31. The Morgan fingerprint density at radius 1 is 1.35 bits per heavy atom. The van der Waals surface area contributed by atoms with E-state index >= 15 is 0 Å². The Labute approximate surface area is 128 Å². The lowest BCUT2D eigenvalue weighted by atomic mass is 9.95. The summed E-state index contributed by atoms with van der Waals surface area (Å²) in [7, 11) is 0. The zero-order chi connectivity index (χ0) is 14.5. The average molecular weight is 312 g/mol. The molecule has 0 spiro atoms. The highest BCUT2D eigenvalue weighted by atomic mass is 32.1. The van der Waals surface area contributed by atoms with Gasteiger partial charge in [-0.2, -0.15) is 0 Å². The second-order valence-corrected chi connectivity index (χ2v) is 6.13. The highest BCUT2D eigenvalue weighted by molar-refractivity contribution is 7.80. The van der Waals surface area contributed by atoms with E-state index in [1.54, 1.807) is 11.3 Å². The number of thiocarbonyl (C=S) groups is 1. The highest BCUT2D eigenvalue weighted by Crippen LogP contribution is 2.38. The molecule has 1 aliphatic rings. The Hall–Kier alpha value is -1.14. The average Bonchev–Trinajstić information content (AvgIpc) is 2.76. The van der Waals surface area contributed by atoms with E-state index < -0.39 is 0 Å². The number of esters is 1. The van der Waals surface area contributed by atoms with Crippen LogP contribution in [0.15, 0.2) is 0 Å². The predicted molar refractivity (Wildman–Crippen MR) is 86.8 cm³/mol. The van der Waals surface area contributed by atoms with E-state index in [0.717, 1.165) is 36.4 Å². The second kappa shape index (κ2) is 7.04. The van der Waals surface area contributed by atoms with Gasteiger partial charge in [0.1, 0.15) is 5.00 Å². The molecule has 110 valence electrons. The molecule has 0 aromatic carbocycles. The summed E-state index contributed by atoms with van der Waals surface area (Å²) in [6.07, 6.45) is 4.32. The number of fused-ring (bicyclic) bond motifs is 1. The Bertz CT molecular complexity index is 512. The van der Waals surface area contributed by atoms with Gasteiger partial charge in [-0.3, -0.25) is 0 Å². The van der Waals surface area contributed by atoms with Gasteiger partial charge in [-0.25, -0.2) is 4.79 Å². The quantitative estimate of drug-likeness (QED) is 0.661. The summed E-state index contributed by atoms with van der Waals surface area (Å²) in [5.41, 5.74) is 1.84. The van der Waals surface area contributed by atoms with Crippen LogP contribution in [0.1, 0.15) is 47.5 Å². The predicted octanol–water partition coefficient (Wildman–Crippen LogP) is 3.11. The van der Waals surface area contributed by atoms with Crippen LogP contribution >= 0.6 is 23.6 Å². The van der Waals surface area contributed by atoms with Crippen LogP contribution in [0, 0.1) is 0 Å². The lowest BCUT2D eigenvalue weighted by Gasteiger charge is -2.12. The van der Waals surface area contributed by atoms with Gasteiger partial charge in [0.05, 0.1) is 12.2 Å². The highest BCUT2D eigenvalue weighted by Gasteiger charge is 2.26. The Morgan fingerprint density at radius 3 is 2.80 bits per heavy atom. The monoisotopic (exact) mass is 312 g/mol. The SMILES string of the molecule is CCNC(=S)Nc1sc2c(c1C(=O)OCC)CCCC2. The van der Waals surface area contributed by atoms with E-state index in [0.29, 0.717) is 17.3 Å². The van der Waals surface area contributed by atoms with Crippen LogP contribution in [-0.2, 0) is 17.6 Å². The fourth-order valence-corrected chi connectivity index (χ4v) is 3.97. The third-order valence-corrected chi connectivity index (χ3v) is 4.67. The van der Waals surface area contributed by atoms with Crippen LogP contribution in [0.5, 0.6) is 0 Å². The minimum atomic E-state index is -0.242. The number of nitrogens with one attached hydrogen (secondary N) is 2. The number of thiophene rings is 1. The molecule has 0 unspecified atom stereocenters. The number of carbonyl (C=O) groups is 1. The molecular formula is C14H20N2O2S2. The molecule has 0 bridgehead atoms. The third kappa shape index (κ3) is 3.30. The van der Waals surface area contributed by atoms with Crippen LogP contribution < -0.4 is 10.6 Å². The molecule has 1 aliphatic carbocycles. The fraction of sp³-hybridized carbons (Fsp3) is 0.571. The van der Waals surface area contributed by atoms with Gasteiger partial charge in [0, 0.05) is 11.4 Å². The number of carbonyl (C=O) groups excluding carboxylic acids is 1. The maximum atomic E-state index is 12.2. The third-order valence-electron chi connectivity index (χ3n) is 3.22. The molecule has 20 heavy (non-hydrogen) atoms. The first-order valence-corrected chi connectivity index (χ1v) is 8.26. The van der Waals surface area contributed by atoms with Gasteiger partial charge in [-0.05, 0) is 57.3 Å². The molecule has 0 aliphatic heterocycles. The lowest BCUT2D eigenvalue weighted by Crippen LogP contribution is -2.28. The van der Waals surface area contributed by atoms with Crippen molar-refractivity contribution >= 4 is 39.6 Å². The van der Waals surface area contributed by atoms with Gasteiger partial charge in [0.15, 0.2) is 5.11 Å². The molecule has 0 amide bonds.